The van der Waals surface area contributed by atoms with Crippen molar-refractivity contribution in [2.24, 2.45) is 0 Å². The van der Waals surface area contributed by atoms with Gasteiger partial charge in [-0.2, -0.15) is 5.10 Å². The van der Waals surface area contributed by atoms with Gasteiger partial charge in [0.05, 0.1) is 28.4 Å². The molecule has 120 valence electrons. The lowest BCUT2D eigenvalue weighted by atomic mass is 10.3. The molecule has 0 aliphatic heterocycles. The minimum absolute atomic E-state index is 0.118. The van der Waals surface area contributed by atoms with Gasteiger partial charge in [0.25, 0.3) is 0 Å². The van der Waals surface area contributed by atoms with Crippen LogP contribution >= 0.6 is 23.4 Å². The second-order valence-corrected chi connectivity index (χ2v) is 7.04. The first-order valence-electron chi connectivity index (χ1n) is 6.74. The molecule has 7 nitrogen and oxygen atoms in total. The molecule has 0 aliphatic rings. The first-order chi connectivity index (χ1) is 10.9. The largest absolute Gasteiger partial charge is 0.511 e. The third-order valence-corrected chi connectivity index (χ3v) is 4.35. The van der Waals surface area contributed by atoms with Crippen molar-refractivity contribution < 1.29 is 14.6 Å². The van der Waals surface area contributed by atoms with E-state index in [1.807, 2.05) is 12.1 Å². The molecule has 3 rings (SSSR count). The van der Waals surface area contributed by atoms with Crippen LogP contribution < -0.4 is 4.74 Å². The van der Waals surface area contributed by atoms with Gasteiger partial charge in [0.1, 0.15) is 0 Å². The number of carbonyl (C=O) groups is 1. The van der Waals surface area contributed by atoms with Gasteiger partial charge in [-0.3, -0.25) is 0 Å². The van der Waals surface area contributed by atoms with Crippen LogP contribution in [0.5, 0.6) is 5.75 Å². The van der Waals surface area contributed by atoms with Crippen LogP contribution in [0.25, 0.3) is 17.0 Å². The number of fused-ring (bicyclic) bond motifs is 1. The molecule has 2 heterocycles. The maximum atomic E-state index is 10.5. The van der Waals surface area contributed by atoms with Crippen LogP contribution in [0.1, 0.15) is 13.8 Å². The van der Waals surface area contributed by atoms with Gasteiger partial charge in [-0.1, -0.05) is 25.4 Å². The van der Waals surface area contributed by atoms with E-state index in [1.165, 1.54) is 17.1 Å². The fraction of sp³-hybridized carbons (Fsp3) is 0.214. The molecule has 0 unspecified atom stereocenters. The topological polar surface area (TPSA) is 93.0 Å². The Morgan fingerprint density at radius 2 is 2.26 bits per heavy atom. The van der Waals surface area contributed by atoms with E-state index in [9.17, 15) is 4.79 Å². The molecule has 3 aromatic rings. The number of hydrogen-bond acceptors (Lipinski definition) is 5. The van der Waals surface area contributed by atoms with Crippen LogP contribution in [0.4, 0.5) is 4.79 Å². The van der Waals surface area contributed by atoms with Gasteiger partial charge in [-0.15, -0.1) is 11.8 Å². The van der Waals surface area contributed by atoms with E-state index in [0.29, 0.717) is 16.2 Å². The average Bonchev–Trinajstić information content (AvgIpc) is 3.04. The van der Waals surface area contributed by atoms with Crippen LogP contribution in [-0.4, -0.2) is 36.3 Å². The molecule has 2 aromatic heterocycles. The highest BCUT2D eigenvalue weighted by atomic mass is 35.5. The number of aromatic amines is 1. The summed E-state index contributed by atoms with van der Waals surface area (Å²) in [6.45, 7) is 4.18. The van der Waals surface area contributed by atoms with Crippen LogP contribution in [-0.2, 0) is 0 Å². The fourth-order valence-electron chi connectivity index (χ4n) is 2.03. The van der Waals surface area contributed by atoms with E-state index >= 15 is 0 Å². The molecule has 0 bridgehead atoms. The minimum Gasteiger partial charge on any atom is -0.449 e. The minimum atomic E-state index is -1.39. The molecule has 0 atom stereocenters. The van der Waals surface area contributed by atoms with E-state index in [1.54, 1.807) is 11.8 Å². The molecule has 23 heavy (non-hydrogen) atoms. The summed E-state index contributed by atoms with van der Waals surface area (Å²) in [6.07, 6.45) is 1.34. The van der Waals surface area contributed by atoms with E-state index in [2.05, 4.69) is 33.7 Å². The lowest BCUT2D eigenvalue weighted by Gasteiger charge is -2.06. The van der Waals surface area contributed by atoms with E-state index in [-0.39, 0.29) is 5.75 Å². The fourth-order valence-corrected chi connectivity index (χ4v) is 3.18. The number of halogens is 1. The van der Waals surface area contributed by atoms with Crippen molar-refractivity contribution in [3.63, 3.8) is 0 Å². The molecule has 0 saturated carbocycles. The summed E-state index contributed by atoms with van der Waals surface area (Å²) in [7, 11) is 0. The second-order valence-electron chi connectivity index (χ2n) is 5.02. The smallest absolute Gasteiger partial charge is 0.449 e. The lowest BCUT2D eigenvalue weighted by Crippen LogP contribution is -2.02. The van der Waals surface area contributed by atoms with Gasteiger partial charge in [0.15, 0.2) is 5.75 Å². The van der Waals surface area contributed by atoms with Crippen molar-refractivity contribution in [3.8, 4) is 11.7 Å². The van der Waals surface area contributed by atoms with Gasteiger partial charge in [0.2, 0.25) is 5.95 Å². The maximum Gasteiger partial charge on any atom is 0.511 e. The Kier molecular flexibility index (Phi) is 4.18. The first kappa shape index (κ1) is 15.7. The molecule has 0 spiro atoms. The molecule has 1 aromatic carbocycles. The number of aromatic nitrogens is 4. The molecule has 0 saturated heterocycles. The molecule has 0 aliphatic carbocycles. The van der Waals surface area contributed by atoms with Crippen molar-refractivity contribution in [1.82, 2.24) is 19.7 Å². The van der Waals surface area contributed by atoms with Crippen molar-refractivity contribution in [2.45, 2.75) is 24.0 Å². The van der Waals surface area contributed by atoms with Crippen LogP contribution in [0.3, 0.4) is 0 Å². The third kappa shape index (κ3) is 3.43. The Bertz CT molecular complexity index is 874. The number of thioether (sulfide) groups is 1. The molecular weight excluding hydrogens is 340 g/mol. The summed E-state index contributed by atoms with van der Waals surface area (Å²) in [5.74, 6) is 0.565. The Balaban J connectivity index is 1.96. The van der Waals surface area contributed by atoms with E-state index in [0.717, 1.165) is 15.9 Å². The van der Waals surface area contributed by atoms with Crippen LogP contribution in [0.15, 0.2) is 29.4 Å². The first-order valence-corrected chi connectivity index (χ1v) is 8.00. The lowest BCUT2D eigenvalue weighted by molar-refractivity contribution is 0.144. The van der Waals surface area contributed by atoms with Gasteiger partial charge < -0.3 is 14.8 Å². The molecule has 2 N–H and O–H groups in total. The number of hydrogen-bond donors (Lipinski definition) is 2. The number of benzene rings is 1. The SMILES string of the molecule is CC(C)Sc1cc2nc(-n3cc(OC(=O)O)cn3)[nH]c2cc1Cl. The van der Waals surface area contributed by atoms with Crippen molar-refractivity contribution in [2.75, 3.05) is 0 Å². The summed E-state index contributed by atoms with van der Waals surface area (Å²) in [4.78, 5) is 19.0. The second kappa shape index (κ2) is 6.13. The Morgan fingerprint density at radius 3 is 2.96 bits per heavy atom. The zero-order valence-corrected chi connectivity index (χ0v) is 13.9. The average molecular weight is 353 g/mol. The van der Waals surface area contributed by atoms with Crippen LogP contribution in [0.2, 0.25) is 5.02 Å². The van der Waals surface area contributed by atoms with Crippen molar-refractivity contribution in [3.05, 3.63) is 29.5 Å². The number of ether oxygens (including phenoxy) is 1. The summed E-state index contributed by atoms with van der Waals surface area (Å²) < 4.78 is 5.94. The van der Waals surface area contributed by atoms with Gasteiger partial charge in [-0.25, -0.2) is 14.5 Å². The summed E-state index contributed by atoms with van der Waals surface area (Å²) in [5.41, 5.74) is 1.53. The predicted octanol–water partition coefficient (Wildman–Crippen LogP) is 3.96. The monoisotopic (exact) mass is 352 g/mol. The molecular formula is C14H13ClN4O3S. The van der Waals surface area contributed by atoms with Gasteiger partial charge in [-0.05, 0) is 12.1 Å². The quantitative estimate of drug-likeness (QED) is 0.545. The normalized spacial score (nSPS) is 11.3. The molecule has 0 amide bonds. The highest BCUT2D eigenvalue weighted by molar-refractivity contribution is 8.00. The van der Waals surface area contributed by atoms with Crippen LogP contribution in [0, 0.1) is 0 Å². The Morgan fingerprint density at radius 1 is 1.48 bits per heavy atom. The summed E-state index contributed by atoms with van der Waals surface area (Å²) in [6, 6.07) is 3.73. The maximum absolute atomic E-state index is 10.5. The number of rotatable bonds is 4. The number of nitrogens with one attached hydrogen (secondary N) is 1. The number of carboxylic acid groups (broad SMARTS) is 1. The Hall–Kier alpha value is -2.19. The zero-order valence-electron chi connectivity index (χ0n) is 12.3. The van der Waals surface area contributed by atoms with Gasteiger partial charge in [0, 0.05) is 10.1 Å². The predicted molar refractivity (Wildman–Crippen MR) is 87.9 cm³/mol. The highest BCUT2D eigenvalue weighted by Crippen LogP contribution is 2.33. The van der Waals surface area contributed by atoms with E-state index in [4.69, 9.17) is 16.7 Å². The number of H-pyrrole nitrogens is 1. The number of imidazole rings is 1. The summed E-state index contributed by atoms with van der Waals surface area (Å²) >= 11 is 7.95. The van der Waals surface area contributed by atoms with Crippen molar-refractivity contribution >= 4 is 40.6 Å². The highest BCUT2D eigenvalue weighted by Gasteiger charge is 2.12. The van der Waals surface area contributed by atoms with Gasteiger partial charge >= 0.3 is 6.16 Å². The molecule has 0 fully saturated rings. The van der Waals surface area contributed by atoms with E-state index < -0.39 is 6.16 Å². The zero-order chi connectivity index (χ0) is 16.6. The Labute approximate surface area is 140 Å². The summed E-state index contributed by atoms with van der Waals surface area (Å²) in [5, 5.41) is 13.7. The standard InChI is InChI=1S/C14H13ClN4O3S/c1-7(2)23-12-4-11-10(3-9(12)15)17-13(18-11)19-6-8(5-16-19)22-14(20)21/h3-7H,1-2H3,(H,17,18)(H,20,21). The molecule has 0 radical (unpaired) electrons. The van der Waals surface area contributed by atoms with Crippen molar-refractivity contribution in [1.29, 1.82) is 0 Å². The molecule has 9 heteroatoms. The number of nitrogens with zero attached hydrogens (tertiary/aromatic N) is 3. The third-order valence-electron chi connectivity index (χ3n) is 2.87.